The molecule has 14 heteroatoms. The number of aromatic nitrogens is 2. The van der Waals surface area contributed by atoms with E-state index in [1.54, 1.807) is 0 Å². The van der Waals surface area contributed by atoms with Gasteiger partial charge in [-0.15, -0.1) is 10.2 Å². The Bertz CT molecular complexity index is 1400. The summed E-state index contributed by atoms with van der Waals surface area (Å²) < 4.78 is 79.1. The van der Waals surface area contributed by atoms with E-state index < -0.39 is 61.1 Å². The second-order valence-electron chi connectivity index (χ2n) is 6.95. The number of alkyl halides is 3. The molecule has 0 saturated heterocycles. The highest BCUT2D eigenvalue weighted by molar-refractivity contribution is 7.91. The van der Waals surface area contributed by atoms with Gasteiger partial charge in [-0.05, 0) is 42.8 Å². The lowest BCUT2D eigenvalue weighted by Crippen LogP contribution is -2.21. The molecule has 34 heavy (non-hydrogen) atoms. The Balaban J connectivity index is 2.13. The number of hydrogen-bond donors (Lipinski definition) is 2. The van der Waals surface area contributed by atoms with Gasteiger partial charge in [-0.2, -0.15) is 13.2 Å². The van der Waals surface area contributed by atoms with Crippen LogP contribution in [-0.2, 0) is 15.9 Å². The lowest BCUT2D eigenvalue weighted by Gasteiger charge is -2.17. The van der Waals surface area contributed by atoms with Gasteiger partial charge in [0, 0.05) is 16.8 Å². The first-order valence-corrected chi connectivity index (χ1v) is 11.8. The standard InChI is InChI=1S/C20H14Cl2F4N4O3S/c1-9-14(18(31)28-10-4-3-5-11(8-10)34(2,27)32)19(30-29-17(9)20(24,25)26)33-16-12(21)6-7-13(23)15(16)22/h3-8,27H,1-2H3,(H,28,31). The average Bonchev–Trinajstić information content (AvgIpc) is 2.72. The minimum Gasteiger partial charge on any atom is -0.434 e. The molecule has 180 valence electrons. The van der Waals surface area contributed by atoms with Crippen LogP contribution in [0.4, 0.5) is 23.2 Å². The minimum atomic E-state index is -4.95. The zero-order valence-electron chi connectivity index (χ0n) is 17.3. The van der Waals surface area contributed by atoms with Gasteiger partial charge in [-0.3, -0.25) is 4.79 Å². The molecule has 1 aromatic heterocycles. The Morgan fingerprint density at radius 3 is 2.47 bits per heavy atom. The Labute approximate surface area is 201 Å². The first-order chi connectivity index (χ1) is 15.7. The number of hydrogen-bond acceptors (Lipinski definition) is 6. The van der Waals surface area contributed by atoms with Crippen molar-refractivity contribution in [2.24, 2.45) is 0 Å². The topological polar surface area (TPSA) is 105 Å². The molecule has 2 aromatic carbocycles. The third-order valence-corrected chi connectivity index (χ3v) is 6.23. The number of ether oxygens (including phenoxy) is 1. The van der Waals surface area contributed by atoms with Gasteiger partial charge >= 0.3 is 6.18 Å². The van der Waals surface area contributed by atoms with Crippen LogP contribution in [-0.4, -0.2) is 26.6 Å². The quantitative estimate of drug-likeness (QED) is 0.292. The van der Waals surface area contributed by atoms with Crippen molar-refractivity contribution in [3.05, 3.63) is 69.1 Å². The van der Waals surface area contributed by atoms with Crippen LogP contribution >= 0.6 is 23.2 Å². The van der Waals surface area contributed by atoms with Gasteiger partial charge < -0.3 is 10.1 Å². The zero-order valence-corrected chi connectivity index (χ0v) is 19.6. The van der Waals surface area contributed by atoms with Crippen molar-refractivity contribution >= 4 is 44.5 Å². The number of amides is 1. The van der Waals surface area contributed by atoms with Gasteiger partial charge in [-0.25, -0.2) is 13.4 Å². The molecule has 1 atom stereocenters. The van der Waals surface area contributed by atoms with E-state index in [1.807, 2.05) is 0 Å². The number of carbonyl (C=O) groups excluding carboxylic acids is 1. The summed E-state index contributed by atoms with van der Waals surface area (Å²) in [7, 11) is -3.13. The van der Waals surface area contributed by atoms with Crippen LogP contribution < -0.4 is 10.1 Å². The summed E-state index contributed by atoms with van der Waals surface area (Å²) in [6.07, 6.45) is -3.78. The largest absolute Gasteiger partial charge is 0.435 e. The highest BCUT2D eigenvalue weighted by Gasteiger charge is 2.38. The first kappa shape index (κ1) is 25.7. The molecule has 0 fully saturated rings. The Hall–Kier alpha value is -2.96. The maximum Gasteiger partial charge on any atom is 0.435 e. The Kier molecular flexibility index (Phi) is 7.06. The van der Waals surface area contributed by atoms with Crippen LogP contribution in [0.2, 0.25) is 10.0 Å². The van der Waals surface area contributed by atoms with E-state index >= 15 is 0 Å². The molecule has 1 heterocycles. The van der Waals surface area contributed by atoms with Gasteiger partial charge in [0.1, 0.15) is 16.4 Å². The van der Waals surface area contributed by atoms with E-state index in [-0.39, 0.29) is 15.6 Å². The van der Waals surface area contributed by atoms with Crippen LogP contribution in [0.3, 0.4) is 0 Å². The molecule has 0 aliphatic heterocycles. The second-order valence-corrected chi connectivity index (χ2v) is 9.90. The summed E-state index contributed by atoms with van der Waals surface area (Å²) in [4.78, 5) is 13.1. The maximum absolute atomic E-state index is 13.9. The molecule has 7 nitrogen and oxygen atoms in total. The average molecular weight is 537 g/mol. The summed E-state index contributed by atoms with van der Waals surface area (Å²) >= 11 is 11.8. The van der Waals surface area contributed by atoms with E-state index in [0.717, 1.165) is 19.1 Å². The second kappa shape index (κ2) is 9.35. The van der Waals surface area contributed by atoms with Crippen molar-refractivity contribution in [3.63, 3.8) is 0 Å². The number of nitrogens with zero attached hydrogens (tertiary/aromatic N) is 2. The molecular formula is C20H14Cl2F4N4O3S. The minimum absolute atomic E-state index is 0.0434. The molecule has 1 amide bonds. The summed E-state index contributed by atoms with van der Waals surface area (Å²) in [5.74, 6) is -3.22. The van der Waals surface area contributed by atoms with Crippen LogP contribution in [0.1, 0.15) is 21.6 Å². The Morgan fingerprint density at radius 2 is 1.85 bits per heavy atom. The normalized spacial score (nSPS) is 13.3. The van der Waals surface area contributed by atoms with Crippen molar-refractivity contribution in [3.8, 4) is 11.6 Å². The number of halogens is 6. The fourth-order valence-corrected chi connectivity index (χ4v) is 3.95. The number of rotatable bonds is 5. The van der Waals surface area contributed by atoms with E-state index in [2.05, 4.69) is 15.5 Å². The van der Waals surface area contributed by atoms with E-state index in [4.69, 9.17) is 32.7 Å². The van der Waals surface area contributed by atoms with Crippen molar-refractivity contribution < 1.29 is 31.3 Å². The molecule has 3 aromatic rings. The number of carbonyl (C=O) groups is 1. The van der Waals surface area contributed by atoms with Crippen LogP contribution in [0.15, 0.2) is 41.3 Å². The van der Waals surface area contributed by atoms with E-state index in [9.17, 15) is 26.6 Å². The zero-order chi connectivity index (χ0) is 25.4. The summed E-state index contributed by atoms with van der Waals surface area (Å²) in [6, 6.07) is 7.46. The maximum atomic E-state index is 13.9. The summed E-state index contributed by atoms with van der Waals surface area (Å²) in [6.45, 7) is 0.979. The predicted octanol–water partition coefficient (Wildman–Crippen LogP) is 6.33. The fraction of sp³-hybridized carbons (Fsp3) is 0.150. The molecule has 3 rings (SSSR count). The highest BCUT2D eigenvalue weighted by Crippen LogP contribution is 2.40. The third-order valence-electron chi connectivity index (χ3n) is 4.42. The molecule has 0 radical (unpaired) electrons. The van der Waals surface area contributed by atoms with Gasteiger partial charge in [-0.1, -0.05) is 29.3 Å². The molecule has 2 N–H and O–H groups in total. The fourth-order valence-electron chi connectivity index (χ4n) is 2.82. The number of anilines is 1. The summed E-state index contributed by atoms with van der Waals surface area (Å²) in [5, 5.41) is 8.04. The SMILES string of the molecule is Cc1c(C(F)(F)F)nnc(Oc2c(Cl)ccc(F)c2Cl)c1C(=O)Nc1cccc(S(C)(=N)=O)c1. The lowest BCUT2D eigenvalue weighted by molar-refractivity contribution is -0.142. The molecule has 0 spiro atoms. The van der Waals surface area contributed by atoms with Crippen molar-refractivity contribution in [1.82, 2.24) is 10.2 Å². The molecule has 0 aliphatic rings. The Morgan fingerprint density at radius 1 is 1.18 bits per heavy atom. The summed E-state index contributed by atoms with van der Waals surface area (Å²) in [5.41, 5.74) is -2.71. The van der Waals surface area contributed by atoms with Crippen LogP contribution in [0.5, 0.6) is 11.6 Å². The van der Waals surface area contributed by atoms with E-state index in [1.165, 1.54) is 30.5 Å². The molecule has 0 bridgehead atoms. The van der Waals surface area contributed by atoms with Gasteiger partial charge in [0.25, 0.3) is 11.8 Å². The van der Waals surface area contributed by atoms with Crippen molar-refractivity contribution in [2.45, 2.75) is 18.0 Å². The highest BCUT2D eigenvalue weighted by atomic mass is 35.5. The molecular weight excluding hydrogens is 523 g/mol. The predicted molar refractivity (Wildman–Crippen MR) is 118 cm³/mol. The first-order valence-electron chi connectivity index (χ1n) is 9.11. The number of benzene rings is 2. The van der Waals surface area contributed by atoms with Crippen molar-refractivity contribution in [1.29, 1.82) is 4.78 Å². The number of nitrogens with one attached hydrogen (secondary N) is 2. The lowest BCUT2D eigenvalue weighted by atomic mass is 10.1. The van der Waals surface area contributed by atoms with Gasteiger partial charge in [0.2, 0.25) is 0 Å². The van der Waals surface area contributed by atoms with Gasteiger partial charge in [0.05, 0.1) is 14.8 Å². The smallest absolute Gasteiger partial charge is 0.434 e. The van der Waals surface area contributed by atoms with Gasteiger partial charge in [0.15, 0.2) is 11.4 Å². The molecule has 1 unspecified atom stereocenters. The van der Waals surface area contributed by atoms with Crippen molar-refractivity contribution in [2.75, 3.05) is 11.6 Å². The molecule has 0 saturated carbocycles. The third kappa shape index (κ3) is 5.40. The van der Waals surface area contributed by atoms with Crippen LogP contribution in [0.25, 0.3) is 0 Å². The van der Waals surface area contributed by atoms with Crippen LogP contribution in [0, 0.1) is 17.5 Å². The monoisotopic (exact) mass is 536 g/mol. The van der Waals surface area contributed by atoms with E-state index in [0.29, 0.717) is 0 Å². The molecule has 0 aliphatic carbocycles.